The number of piperazine rings is 1. The van der Waals surface area contributed by atoms with Crippen LogP contribution in [0, 0.1) is 6.92 Å². The molecule has 0 spiro atoms. The summed E-state index contributed by atoms with van der Waals surface area (Å²) in [5, 5.41) is 3.09. The average Bonchev–Trinajstić information content (AvgIpc) is 2.56. The highest BCUT2D eigenvalue weighted by molar-refractivity contribution is 5.92. The van der Waals surface area contributed by atoms with Gasteiger partial charge in [0.25, 0.3) is 0 Å². The van der Waals surface area contributed by atoms with Crippen molar-refractivity contribution in [3.63, 3.8) is 0 Å². The molecule has 7 nitrogen and oxygen atoms in total. The molecule has 0 radical (unpaired) electrons. The van der Waals surface area contributed by atoms with E-state index in [0.29, 0.717) is 25.6 Å². The Labute approximate surface area is 156 Å². The molecule has 0 atom stereocenters. The Morgan fingerprint density at radius 2 is 1.81 bits per heavy atom. The zero-order valence-electron chi connectivity index (χ0n) is 16.3. The summed E-state index contributed by atoms with van der Waals surface area (Å²) in [6.45, 7) is 12.1. The average molecular weight is 361 g/mol. The van der Waals surface area contributed by atoms with Gasteiger partial charge < -0.3 is 20.7 Å². The van der Waals surface area contributed by atoms with Gasteiger partial charge in [0.05, 0.1) is 6.54 Å². The second-order valence-electron chi connectivity index (χ2n) is 7.57. The molecule has 7 heteroatoms. The number of nitrogens with two attached hydrogens (primary N) is 1. The van der Waals surface area contributed by atoms with E-state index in [1.54, 1.807) is 4.90 Å². The highest BCUT2D eigenvalue weighted by Crippen LogP contribution is 2.12. The number of hydrogen-bond acceptors (Lipinski definition) is 4. The highest BCUT2D eigenvalue weighted by atomic mass is 16.6. The van der Waals surface area contributed by atoms with Gasteiger partial charge in [0.2, 0.25) is 0 Å². The quantitative estimate of drug-likeness (QED) is 0.635. The monoisotopic (exact) mass is 361 g/mol. The number of anilines is 1. The molecule has 1 heterocycles. The van der Waals surface area contributed by atoms with Gasteiger partial charge in [0, 0.05) is 38.4 Å². The van der Waals surface area contributed by atoms with Crippen LogP contribution >= 0.6 is 0 Å². The number of hydrogen-bond donors (Lipinski definition) is 2. The Morgan fingerprint density at radius 3 is 2.38 bits per heavy atom. The Hall–Kier alpha value is -2.28. The van der Waals surface area contributed by atoms with Crippen molar-refractivity contribution in [3.05, 3.63) is 29.8 Å². The van der Waals surface area contributed by atoms with Crippen molar-refractivity contribution in [2.45, 2.75) is 33.3 Å². The van der Waals surface area contributed by atoms with Crippen molar-refractivity contribution >= 4 is 17.7 Å². The first-order chi connectivity index (χ1) is 12.2. The predicted molar refractivity (Wildman–Crippen MR) is 106 cm³/mol. The lowest BCUT2D eigenvalue weighted by molar-refractivity contribution is 0.0148. The number of benzene rings is 1. The topological polar surface area (TPSA) is 83.2 Å². The normalized spacial score (nSPS) is 16.5. The van der Waals surface area contributed by atoms with E-state index in [0.717, 1.165) is 25.3 Å². The van der Waals surface area contributed by atoms with Crippen LogP contribution in [0.15, 0.2) is 29.3 Å². The van der Waals surface area contributed by atoms with Crippen LogP contribution in [0.25, 0.3) is 0 Å². The summed E-state index contributed by atoms with van der Waals surface area (Å²) in [5.74, 6) is 0.418. The van der Waals surface area contributed by atoms with E-state index in [2.05, 4.69) is 15.2 Å². The third-order valence-corrected chi connectivity index (χ3v) is 4.05. The summed E-state index contributed by atoms with van der Waals surface area (Å²) in [6.07, 6.45) is -0.235. The van der Waals surface area contributed by atoms with Crippen LogP contribution in [-0.4, -0.2) is 66.7 Å². The first-order valence-electron chi connectivity index (χ1n) is 9.07. The Bertz CT molecular complexity index is 614. The second-order valence-corrected chi connectivity index (χ2v) is 7.57. The van der Waals surface area contributed by atoms with Gasteiger partial charge in [-0.25, -0.2) is 4.79 Å². The molecule has 0 unspecified atom stereocenters. The van der Waals surface area contributed by atoms with E-state index in [4.69, 9.17) is 10.5 Å². The zero-order chi connectivity index (χ0) is 19.2. The van der Waals surface area contributed by atoms with Crippen LogP contribution in [0.4, 0.5) is 10.5 Å². The van der Waals surface area contributed by atoms with E-state index in [1.165, 1.54) is 5.56 Å². The van der Waals surface area contributed by atoms with Crippen LogP contribution < -0.4 is 11.1 Å². The van der Waals surface area contributed by atoms with Gasteiger partial charge in [-0.3, -0.25) is 9.89 Å². The molecule has 1 aliphatic rings. The molecule has 26 heavy (non-hydrogen) atoms. The van der Waals surface area contributed by atoms with Crippen molar-refractivity contribution in [2.24, 2.45) is 10.7 Å². The van der Waals surface area contributed by atoms with E-state index in [-0.39, 0.29) is 6.09 Å². The van der Waals surface area contributed by atoms with Crippen molar-refractivity contribution in [1.29, 1.82) is 0 Å². The fourth-order valence-corrected chi connectivity index (χ4v) is 2.62. The molecule has 1 saturated heterocycles. The zero-order valence-corrected chi connectivity index (χ0v) is 16.3. The fourth-order valence-electron chi connectivity index (χ4n) is 2.62. The molecule has 2 rings (SSSR count). The van der Waals surface area contributed by atoms with E-state index in [1.807, 2.05) is 52.0 Å². The molecule has 144 valence electrons. The number of aliphatic imine (C=N–C) groups is 1. The van der Waals surface area contributed by atoms with Gasteiger partial charge in [0.15, 0.2) is 5.96 Å². The van der Waals surface area contributed by atoms with Gasteiger partial charge in [-0.15, -0.1) is 0 Å². The maximum atomic E-state index is 12.1. The smallest absolute Gasteiger partial charge is 0.410 e. The summed E-state index contributed by atoms with van der Waals surface area (Å²) in [4.78, 5) is 20.5. The van der Waals surface area contributed by atoms with Crippen LogP contribution in [0.2, 0.25) is 0 Å². The summed E-state index contributed by atoms with van der Waals surface area (Å²) >= 11 is 0. The Kier molecular flexibility index (Phi) is 6.85. The minimum absolute atomic E-state index is 0.235. The molecule has 0 aliphatic carbocycles. The number of guanidine groups is 1. The lowest BCUT2D eigenvalue weighted by Gasteiger charge is -2.35. The number of rotatable bonds is 4. The first kappa shape index (κ1) is 20.0. The van der Waals surface area contributed by atoms with Gasteiger partial charge in [0.1, 0.15) is 5.60 Å². The molecule has 0 saturated carbocycles. The Balaban J connectivity index is 1.69. The van der Waals surface area contributed by atoms with Gasteiger partial charge in [-0.1, -0.05) is 17.7 Å². The number of amides is 1. The molecule has 1 fully saturated rings. The van der Waals surface area contributed by atoms with Gasteiger partial charge in [-0.05, 0) is 39.8 Å². The van der Waals surface area contributed by atoms with Crippen LogP contribution in [0.1, 0.15) is 26.3 Å². The number of aryl methyl sites for hydroxylation is 1. The maximum absolute atomic E-state index is 12.1. The van der Waals surface area contributed by atoms with E-state index >= 15 is 0 Å². The SMILES string of the molecule is Cc1ccc(NC(N)=NCCN2CCN(C(=O)OC(C)(C)C)CC2)cc1. The molecule has 0 aromatic heterocycles. The number of carbonyl (C=O) groups excluding carboxylic acids is 1. The second kappa shape index (κ2) is 8.89. The van der Waals surface area contributed by atoms with Crippen molar-refractivity contribution in [3.8, 4) is 0 Å². The first-order valence-corrected chi connectivity index (χ1v) is 9.07. The van der Waals surface area contributed by atoms with Gasteiger partial charge in [-0.2, -0.15) is 0 Å². The van der Waals surface area contributed by atoms with Crippen molar-refractivity contribution in [1.82, 2.24) is 9.80 Å². The van der Waals surface area contributed by atoms with Crippen molar-refractivity contribution < 1.29 is 9.53 Å². The van der Waals surface area contributed by atoms with Gasteiger partial charge >= 0.3 is 6.09 Å². The molecule has 1 aromatic carbocycles. The summed E-state index contributed by atoms with van der Waals surface area (Å²) in [5.41, 5.74) is 7.62. The standard InChI is InChI=1S/C19H31N5O2/c1-15-5-7-16(8-6-15)22-17(20)21-9-10-23-11-13-24(14-12-23)18(25)26-19(2,3)4/h5-8H,9-14H2,1-4H3,(H3,20,21,22). The summed E-state index contributed by atoms with van der Waals surface area (Å²) in [7, 11) is 0. The molecule has 1 amide bonds. The number of nitrogens with one attached hydrogen (secondary N) is 1. The molecular formula is C19H31N5O2. The fraction of sp³-hybridized carbons (Fsp3) is 0.579. The third-order valence-electron chi connectivity index (χ3n) is 4.05. The minimum atomic E-state index is -0.453. The van der Waals surface area contributed by atoms with Crippen LogP contribution in [-0.2, 0) is 4.74 Å². The third kappa shape index (κ3) is 6.92. The molecule has 0 bridgehead atoms. The number of ether oxygens (including phenoxy) is 1. The minimum Gasteiger partial charge on any atom is -0.444 e. The van der Waals surface area contributed by atoms with E-state index in [9.17, 15) is 4.79 Å². The lowest BCUT2D eigenvalue weighted by atomic mass is 10.2. The highest BCUT2D eigenvalue weighted by Gasteiger charge is 2.25. The number of nitrogens with zero attached hydrogens (tertiary/aromatic N) is 3. The summed E-state index contributed by atoms with van der Waals surface area (Å²) < 4.78 is 5.41. The molecule has 1 aliphatic heterocycles. The molecule has 3 N–H and O–H groups in total. The number of carbonyl (C=O) groups is 1. The van der Waals surface area contributed by atoms with E-state index < -0.39 is 5.60 Å². The van der Waals surface area contributed by atoms with Crippen molar-refractivity contribution in [2.75, 3.05) is 44.6 Å². The van der Waals surface area contributed by atoms with Crippen LogP contribution in [0.3, 0.4) is 0 Å². The van der Waals surface area contributed by atoms with Crippen LogP contribution in [0.5, 0.6) is 0 Å². The molecule has 1 aromatic rings. The molecular weight excluding hydrogens is 330 g/mol. The maximum Gasteiger partial charge on any atom is 0.410 e. The lowest BCUT2D eigenvalue weighted by Crippen LogP contribution is -2.50. The summed E-state index contributed by atoms with van der Waals surface area (Å²) in [6, 6.07) is 8.01. The largest absolute Gasteiger partial charge is 0.444 e. The Morgan fingerprint density at radius 1 is 1.19 bits per heavy atom. The predicted octanol–water partition coefficient (Wildman–Crippen LogP) is 2.27.